The van der Waals surface area contributed by atoms with Gasteiger partial charge >= 0.3 is 0 Å². The van der Waals surface area contributed by atoms with Gasteiger partial charge in [-0.3, -0.25) is 15.0 Å². The number of rotatable bonds is 4. The number of thiophene rings is 1. The Morgan fingerprint density at radius 2 is 2.30 bits per heavy atom. The zero-order valence-electron chi connectivity index (χ0n) is 11.7. The van der Waals surface area contributed by atoms with E-state index in [9.17, 15) is 9.59 Å². The number of nitrogens with zero attached hydrogens (tertiary/aromatic N) is 1. The van der Waals surface area contributed by atoms with E-state index in [1.165, 1.54) is 11.3 Å². The van der Waals surface area contributed by atoms with Crippen molar-refractivity contribution in [3.05, 3.63) is 21.9 Å². The van der Waals surface area contributed by atoms with E-state index in [0.29, 0.717) is 23.8 Å². The molecule has 1 aromatic rings. The molecule has 6 heteroatoms. The monoisotopic (exact) mass is 295 g/mol. The molecule has 1 saturated heterocycles. The summed E-state index contributed by atoms with van der Waals surface area (Å²) >= 11 is 1.39. The van der Waals surface area contributed by atoms with Crippen molar-refractivity contribution in [2.24, 2.45) is 11.8 Å². The molecule has 1 aliphatic heterocycles. The summed E-state index contributed by atoms with van der Waals surface area (Å²) in [4.78, 5) is 27.0. The number of nitrogens with two attached hydrogens (primary N) is 1. The number of likely N-dealkylation sites (tertiary alicyclic amines) is 1. The highest BCUT2D eigenvalue weighted by atomic mass is 32.1. The molecule has 0 bridgehead atoms. The van der Waals surface area contributed by atoms with E-state index in [0.717, 1.165) is 30.7 Å². The molecule has 2 heterocycles. The van der Waals surface area contributed by atoms with Gasteiger partial charge in [0.15, 0.2) is 0 Å². The summed E-state index contributed by atoms with van der Waals surface area (Å²) in [6, 6.07) is 3.64. The van der Waals surface area contributed by atoms with Gasteiger partial charge in [0, 0.05) is 17.8 Å². The zero-order chi connectivity index (χ0) is 14.5. The number of hydrogen-bond donors (Lipinski definition) is 2. The van der Waals surface area contributed by atoms with Gasteiger partial charge in [0.05, 0.1) is 11.4 Å². The second kappa shape index (κ2) is 6.85. The SMILES string of the molecule is CCC1CCC(=O)N(Cc2ccc(C(=O)NN)s2)CC1. The molecule has 5 nitrogen and oxygen atoms in total. The van der Waals surface area contributed by atoms with Crippen molar-refractivity contribution in [3.8, 4) is 0 Å². The van der Waals surface area contributed by atoms with E-state index < -0.39 is 0 Å². The number of amides is 2. The molecule has 2 amide bonds. The maximum atomic E-state index is 12.1. The van der Waals surface area contributed by atoms with E-state index in [4.69, 9.17) is 5.84 Å². The Bertz CT molecular complexity index is 487. The van der Waals surface area contributed by atoms with Crippen molar-refractivity contribution in [1.82, 2.24) is 10.3 Å². The lowest BCUT2D eigenvalue weighted by molar-refractivity contribution is -0.131. The fourth-order valence-corrected chi connectivity index (χ4v) is 3.44. The fourth-order valence-electron chi connectivity index (χ4n) is 2.51. The van der Waals surface area contributed by atoms with Gasteiger partial charge in [0.25, 0.3) is 5.91 Å². The van der Waals surface area contributed by atoms with Crippen LogP contribution >= 0.6 is 11.3 Å². The van der Waals surface area contributed by atoms with Gasteiger partial charge < -0.3 is 4.90 Å². The molecule has 1 unspecified atom stereocenters. The lowest BCUT2D eigenvalue weighted by Gasteiger charge is -2.19. The van der Waals surface area contributed by atoms with E-state index in [1.54, 1.807) is 6.07 Å². The summed E-state index contributed by atoms with van der Waals surface area (Å²) in [6.07, 6.45) is 3.85. The molecule has 0 radical (unpaired) electrons. The number of nitrogens with one attached hydrogen (secondary N) is 1. The van der Waals surface area contributed by atoms with Crippen LogP contribution in [-0.2, 0) is 11.3 Å². The van der Waals surface area contributed by atoms with Gasteiger partial charge in [-0.15, -0.1) is 11.3 Å². The first-order valence-electron chi connectivity index (χ1n) is 7.01. The molecule has 1 fully saturated rings. The van der Waals surface area contributed by atoms with Gasteiger partial charge in [0.2, 0.25) is 5.91 Å². The van der Waals surface area contributed by atoms with Crippen LogP contribution in [0.25, 0.3) is 0 Å². The molecule has 3 N–H and O–H groups in total. The summed E-state index contributed by atoms with van der Waals surface area (Å²) in [7, 11) is 0. The van der Waals surface area contributed by atoms with Crippen molar-refractivity contribution in [2.75, 3.05) is 6.54 Å². The molecular formula is C14H21N3O2S. The Kier molecular flexibility index (Phi) is 5.14. The van der Waals surface area contributed by atoms with Crippen LogP contribution in [0, 0.1) is 5.92 Å². The highest BCUT2D eigenvalue weighted by Gasteiger charge is 2.22. The van der Waals surface area contributed by atoms with Crippen LogP contribution in [0.5, 0.6) is 0 Å². The lowest BCUT2D eigenvalue weighted by Crippen LogP contribution is -2.29. The third-order valence-corrected chi connectivity index (χ3v) is 4.94. The zero-order valence-corrected chi connectivity index (χ0v) is 12.5. The maximum absolute atomic E-state index is 12.1. The standard InChI is InChI=1S/C14H21N3O2S/c1-2-10-3-6-13(18)17(8-7-10)9-11-4-5-12(20-11)14(19)16-15/h4-5,10H,2-3,6-9,15H2,1H3,(H,16,19). The van der Waals surface area contributed by atoms with Crippen molar-refractivity contribution in [3.63, 3.8) is 0 Å². The van der Waals surface area contributed by atoms with Crippen molar-refractivity contribution < 1.29 is 9.59 Å². The van der Waals surface area contributed by atoms with Gasteiger partial charge in [0.1, 0.15) is 0 Å². The van der Waals surface area contributed by atoms with Gasteiger partial charge in [-0.05, 0) is 30.9 Å². The first-order chi connectivity index (χ1) is 9.63. The second-order valence-corrected chi connectivity index (χ2v) is 6.32. The first kappa shape index (κ1) is 15.0. The number of carbonyl (C=O) groups is 2. The first-order valence-corrected chi connectivity index (χ1v) is 7.83. The molecule has 1 atom stereocenters. The predicted octanol–water partition coefficient (Wildman–Crippen LogP) is 1.89. The molecule has 1 aliphatic rings. The van der Waals surface area contributed by atoms with Gasteiger partial charge in [-0.25, -0.2) is 5.84 Å². The molecule has 0 aliphatic carbocycles. The van der Waals surface area contributed by atoms with E-state index in [1.807, 2.05) is 11.0 Å². The highest BCUT2D eigenvalue weighted by Crippen LogP contribution is 2.24. The van der Waals surface area contributed by atoms with Crippen LogP contribution in [0.3, 0.4) is 0 Å². The Hall–Kier alpha value is -1.40. The van der Waals surface area contributed by atoms with E-state index >= 15 is 0 Å². The number of nitrogen functional groups attached to an aromatic ring is 1. The van der Waals surface area contributed by atoms with Crippen molar-refractivity contribution in [2.45, 2.75) is 39.2 Å². The lowest BCUT2D eigenvalue weighted by atomic mass is 9.98. The van der Waals surface area contributed by atoms with Crippen LogP contribution in [0.2, 0.25) is 0 Å². The molecule has 110 valence electrons. The highest BCUT2D eigenvalue weighted by molar-refractivity contribution is 7.14. The molecule has 0 saturated carbocycles. The Morgan fingerprint density at radius 3 is 3.00 bits per heavy atom. The van der Waals surface area contributed by atoms with Crippen LogP contribution in [-0.4, -0.2) is 23.3 Å². The van der Waals surface area contributed by atoms with Crippen LogP contribution in [0.1, 0.15) is 47.2 Å². The second-order valence-electron chi connectivity index (χ2n) is 5.16. The number of hydrazine groups is 1. The summed E-state index contributed by atoms with van der Waals surface area (Å²) in [5.74, 6) is 5.71. The molecule has 20 heavy (non-hydrogen) atoms. The molecule has 0 aromatic carbocycles. The molecule has 0 spiro atoms. The van der Waals surface area contributed by atoms with Crippen LogP contribution in [0.4, 0.5) is 0 Å². The topological polar surface area (TPSA) is 75.4 Å². The maximum Gasteiger partial charge on any atom is 0.275 e. The minimum absolute atomic E-state index is 0.221. The van der Waals surface area contributed by atoms with Gasteiger partial charge in [-0.2, -0.15) is 0 Å². The Labute approximate surface area is 123 Å². The Balaban J connectivity index is 1.99. The summed E-state index contributed by atoms with van der Waals surface area (Å²) in [5, 5.41) is 0. The van der Waals surface area contributed by atoms with E-state index in [-0.39, 0.29) is 11.8 Å². The Morgan fingerprint density at radius 1 is 1.50 bits per heavy atom. The average molecular weight is 295 g/mol. The fraction of sp³-hybridized carbons (Fsp3) is 0.571. The predicted molar refractivity (Wildman–Crippen MR) is 79.0 cm³/mol. The van der Waals surface area contributed by atoms with E-state index in [2.05, 4.69) is 12.3 Å². The largest absolute Gasteiger partial charge is 0.338 e. The third kappa shape index (κ3) is 3.58. The number of carbonyl (C=O) groups excluding carboxylic acids is 2. The van der Waals surface area contributed by atoms with Crippen molar-refractivity contribution in [1.29, 1.82) is 0 Å². The van der Waals surface area contributed by atoms with Crippen molar-refractivity contribution >= 4 is 23.2 Å². The number of hydrogen-bond acceptors (Lipinski definition) is 4. The van der Waals surface area contributed by atoms with Crippen LogP contribution in [0.15, 0.2) is 12.1 Å². The third-order valence-electron chi connectivity index (χ3n) is 3.87. The summed E-state index contributed by atoms with van der Waals surface area (Å²) in [6.45, 7) is 3.59. The average Bonchev–Trinajstić information content (AvgIpc) is 2.85. The minimum atomic E-state index is -0.283. The molecular weight excluding hydrogens is 274 g/mol. The quantitative estimate of drug-likeness (QED) is 0.506. The minimum Gasteiger partial charge on any atom is -0.338 e. The smallest absolute Gasteiger partial charge is 0.275 e. The summed E-state index contributed by atoms with van der Waals surface area (Å²) in [5.41, 5.74) is 2.12. The molecule has 1 aromatic heterocycles. The normalized spacial score (nSPS) is 19.8. The summed E-state index contributed by atoms with van der Waals surface area (Å²) < 4.78 is 0. The van der Waals surface area contributed by atoms with Crippen LogP contribution < -0.4 is 11.3 Å². The van der Waals surface area contributed by atoms with Gasteiger partial charge in [-0.1, -0.05) is 13.3 Å². The molecule has 2 rings (SSSR count).